The topological polar surface area (TPSA) is 43.1 Å². The van der Waals surface area contributed by atoms with Crippen LogP contribution in [0, 0.1) is 6.92 Å². The van der Waals surface area contributed by atoms with Gasteiger partial charge in [0.05, 0.1) is 0 Å². The highest BCUT2D eigenvalue weighted by Gasteiger charge is 2.26. The van der Waals surface area contributed by atoms with E-state index in [1.165, 1.54) is 30.4 Å². The highest BCUT2D eigenvalue weighted by Crippen LogP contribution is 2.42. The third-order valence-electron chi connectivity index (χ3n) is 3.79. The molecule has 24 heavy (non-hydrogen) atoms. The summed E-state index contributed by atoms with van der Waals surface area (Å²) < 4.78 is 0. The largest absolute Gasteiger partial charge is 0.366 e. The van der Waals surface area contributed by atoms with Crippen LogP contribution in [0.1, 0.15) is 73.0 Å². The summed E-state index contributed by atoms with van der Waals surface area (Å²) in [7, 11) is 0. The molecule has 0 unspecified atom stereocenters. The predicted octanol–water partition coefficient (Wildman–Crippen LogP) is 5.64. The van der Waals surface area contributed by atoms with Gasteiger partial charge in [-0.1, -0.05) is 75.2 Å². The van der Waals surface area contributed by atoms with Crippen molar-refractivity contribution in [1.82, 2.24) is 0 Å². The molecule has 2 aromatic carbocycles. The van der Waals surface area contributed by atoms with Gasteiger partial charge in [-0.2, -0.15) is 0 Å². The van der Waals surface area contributed by atoms with Gasteiger partial charge in [-0.3, -0.25) is 4.79 Å². The Morgan fingerprint density at radius 3 is 1.96 bits per heavy atom. The molecule has 1 aliphatic rings. The number of nitrogens with two attached hydrogens (primary N) is 1. The monoisotopic (exact) mass is 325 g/mol. The Bertz CT molecular complexity index is 615. The normalized spacial score (nSPS) is 12.3. The van der Waals surface area contributed by atoms with E-state index in [9.17, 15) is 4.79 Å². The molecule has 0 aromatic heterocycles. The first-order chi connectivity index (χ1) is 11.5. The van der Waals surface area contributed by atoms with E-state index in [1.54, 1.807) is 0 Å². The molecule has 1 fully saturated rings. The number of carbonyl (C=O) groups excluding carboxylic acids is 1. The molecule has 130 valence electrons. The smallest absolute Gasteiger partial charge is 0.248 e. The second-order valence-corrected chi connectivity index (χ2v) is 6.23. The number of carbonyl (C=O) groups is 1. The molecule has 0 aliphatic heterocycles. The SMILES string of the molecule is CCC.CCc1c(C(N)=O)cccc1C1CC1.Cc1ccccc1. The van der Waals surface area contributed by atoms with E-state index < -0.39 is 0 Å². The molecule has 3 rings (SSSR count). The minimum Gasteiger partial charge on any atom is -0.366 e. The zero-order valence-electron chi connectivity index (χ0n) is 15.5. The predicted molar refractivity (Wildman–Crippen MR) is 103 cm³/mol. The van der Waals surface area contributed by atoms with Gasteiger partial charge in [0.2, 0.25) is 5.91 Å². The second kappa shape index (κ2) is 10.6. The Morgan fingerprint density at radius 1 is 1.00 bits per heavy atom. The van der Waals surface area contributed by atoms with Crippen molar-refractivity contribution in [2.45, 2.75) is 59.3 Å². The van der Waals surface area contributed by atoms with Crippen molar-refractivity contribution in [3.8, 4) is 0 Å². The molecule has 2 heteroatoms. The fourth-order valence-electron chi connectivity index (χ4n) is 2.54. The van der Waals surface area contributed by atoms with Gasteiger partial charge in [0, 0.05) is 5.56 Å². The lowest BCUT2D eigenvalue weighted by Gasteiger charge is -2.10. The minimum atomic E-state index is -0.302. The van der Waals surface area contributed by atoms with Crippen LogP contribution in [0.25, 0.3) is 0 Å². The van der Waals surface area contributed by atoms with Gasteiger partial charge < -0.3 is 5.73 Å². The maximum absolute atomic E-state index is 11.2. The Kier molecular flexibility index (Phi) is 8.85. The average molecular weight is 325 g/mol. The fourth-order valence-corrected chi connectivity index (χ4v) is 2.54. The molecule has 0 bridgehead atoms. The summed E-state index contributed by atoms with van der Waals surface area (Å²) >= 11 is 0. The Balaban J connectivity index is 0.000000241. The molecule has 2 N–H and O–H groups in total. The van der Waals surface area contributed by atoms with Crippen LogP contribution in [-0.4, -0.2) is 5.91 Å². The molecule has 2 aromatic rings. The quantitative estimate of drug-likeness (QED) is 0.780. The van der Waals surface area contributed by atoms with E-state index in [1.807, 2.05) is 30.3 Å². The molecular formula is C22H31NO. The van der Waals surface area contributed by atoms with Gasteiger partial charge in [0.25, 0.3) is 0 Å². The summed E-state index contributed by atoms with van der Waals surface area (Å²) in [5, 5.41) is 0. The van der Waals surface area contributed by atoms with Crippen LogP contribution in [0.4, 0.5) is 0 Å². The first-order valence-electron chi connectivity index (χ1n) is 8.98. The lowest BCUT2D eigenvalue weighted by Crippen LogP contribution is -2.14. The summed E-state index contributed by atoms with van der Waals surface area (Å²) in [6.45, 7) is 8.41. The number of primary amides is 1. The highest BCUT2D eigenvalue weighted by atomic mass is 16.1. The van der Waals surface area contributed by atoms with Crippen LogP contribution >= 0.6 is 0 Å². The zero-order valence-corrected chi connectivity index (χ0v) is 15.5. The van der Waals surface area contributed by atoms with Crippen LogP contribution in [0.15, 0.2) is 48.5 Å². The van der Waals surface area contributed by atoms with Crippen LogP contribution in [0.2, 0.25) is 0 Å². The number of hydrogen-bond donors (Lipinski definition) is 1. The van der Waals surface area contributed by atoms with Crippen molar-refractivity contribution in [1.29, 1.82) is 0 Å². The van der Waals surface area contributed by atoms with Gasteiger partial charge in [0.1, 0.15) is 0 Å². The third kappa shape index (κ3) is 6.57. The summed E-state index contributed by atoms with van der Waals surface area (Å²) in [4.78, 5) is 11.2. The van der Waals surface area contributed by atoms with E-state index in [-0.39, 0.29) is 5.91 Å². The van der Waals surface area contributed by atoms with Crippen LogP contribution in [0.3, 0.4) is 0 Å². The average Bonchev–Trinajstić information content (AvgIpc) is 3.41. The van der Waals surface area contributed by atoms with E-state index in [0.717, 1.165) is 12.0 Å². The number of hydrogen-bond acceptors (Lipinski definition) is 1. The van der Waals surface area contributed by atoms with Gasteiger partial charge in [-0.15, -0.1) is 0 Å². The first-order valence-corrected chi connectivity index (χ1v) is 8.98. The Hall–Kier alpha value is -2.09. The molecule has 2 nitrogen and oxygen atoms in total. The first kappa shape index (κ1) is 20.0. The minimum absolute atomic E-state index is 0.302. The van der Waals surface area contributed by atoms with Gasteiger partial charge in [0.15, 0.2) is 0 Å². The molecular weight excluding hydrogens is 294 g/mol. The van der Waals surface area contributed by atoms with Crippen LogP contribution in [-0.2, 0) is 6.42 Å². The Labute approximate surface area is 147 Å². The third-order valence-corrected chi connectivity index (χ3v) is 3.79. The standard InChI is InChI=1S/C12H15NO.C7H8.C3H8/c1-2-9-10(8-6-7-8)4-3-5-11(9)12(13)14;1-7-5-3-2-4-6-7;1-3-2/h3-5,8H,2,6-7H2,1H3,(H2,13,14);2-6H,1H3;3H2,1-2H3. The molecule has 0 saturated heterocycles. The van der Waals surface area contributed by atoms with Crippen molar-refractivity contribution in [2.24, 2.45) is 5.73 Å². The van der Waals surface area contributed by atoms with E-state index >= 15 is 0 Å². The number of aryl methyl sites for hydroxylation is 1. The number of benzene rings is 2. The lowest BCUT2D eigenvalue weighted by molar-refractivity contribution is 0.0999. The molecule has 0 radical (unpaired) electrons. The van der Waals surface area contributed by atoms with Crippen molar-refractivity contribution >= 4 is 5.91 Å². The van der Waals surface area contributed by atoms with Crippen molar-refractivity contribution in [3.63, 3.8) is 0 Å². The molecule has 0 atom stereocenters. The summed E-state index contributed by atoms with van der Waals surface area (Å²) in [6.07, 6.45) is 4.66. The summed E-state index contributed by atoms with van der Waals surface area (Å²) in [6, 6.07) is 16.2. The molecule has 1 amide bonds. The number of amides is 1. The Morgan fingerprint density at radius 2 is 1.58 bits per heavy atom. The number of rotatable bonds is 3. The van der Waals surface area contributed by atoms with Gasteiger partial charge >= 0.3 is 0 Å². The van der Waals surface area contributed by atoms with E-state index in [2.05, 4.69) is 45.9 Å². The van der Waals surface area contributed by atoms with Crippen LogP contribution < -0.4 is 5.73 Å². The zero-order chi connectivity index (χ0) is 17.9. The maximum atomic E-state index is 11.2. The molecule has 0 spiro atoms. The van der Waals surface area contributed by atoms with Crippen molar-refractivity contribution < 1.29 is 4.79 Å². The van der Waals surface area contributed by atoms with Gasteiger partial charge in [-0.05, 0) is 49.3 Å². The molecule has 1 aliphatic carbocycles. The summed E-state index contributed by atoms with van der Waals surface area (Å²) in [5.41, 5.74) is 9.86. The second-order valence-electron chi connectivity index (χ2n) is 6.23. The van der Waals surface area contributed by atoms with Crippen LogP contribution in [0.5, 0.6) is 0 Å². The molecule has 1 saturated carbocycles. The van der Waals surface area contributed by atoms with Crippen molar-refractivity contribution in [2.75, 3.05) is 0 Å². The summed E-state index contributed by atoms with van der Waals surface area (Å²) in [5.74, 6) is 0.383. The lowest BCUT2D eigenvalue weighted by atomic mass is 9.95. The highest BCUT2D eigenvalue weighted by molar-refractivity contribution is 5.94. The fraction of sp³-hybridized carbons (Fsp3) is 0.409. The maximum Gasteiger partial charge on any atom is 0.248 e. The van der Waals surface area contributed by atoms with E-state index in [4.69, 9.17) is 5.73 Å². The molecule has 0 heterocycles. The van der Waals surface area contributed by atoms with Crippen molar-refractivity contribution in [3.05, 3.63) is 70.8 Å². The van der Waals surface area contributed by atoms with Gasteiger partial charge in [-0.25, -0.2) is 0 Å². The van der Waals surface area contributed by atoms with E-state index in [0.29, 0.717) is 11.5 Å².